The molecule has 0 radical (unpaired) electrons. The molecule has 2 atom stereocenters. The molecule has 1 N–H and O–H groups in total. The highest BCUT2D eigenvalue weighted by atomic mass is 16.3. The summed E-state index contributed by atoms with van der Waals surface area (Å²) >= 11 is 0. The number of aliphatic hydroxyl groups excluding tert-OH is 1. The van der Waals surface area contributed by atoms with Crippen LogP contribution in [0, 0.1) is 0 Å². The van der Waals surface area contributed by atoms with E-state index in [9.17, 15) is 5.11 Å². The van der Waals surface area contributed by atoms with Gasteiger partial charge in [-0.1, -0.05) is 95.0 Å². The van der Waals surface area contributed by atoms with Crippen LogP contribution in [-0.4, -0.2) is 29.1 Å². The number of likely N-dealkylation sites (tertiary alicyclic amines) is 1. The van der Waals surface area contributed by atoms with Gasteiger partial charge in [-0.2, -0.15) is 0 Å². The molecule has 1 aromatic carbocycles. The Bertz CT molecular complexity index is 427. The Morgan fingerprint density at radius 1 is 0.840 bits per heavy atom. The van der Waals surface area contributed by atoms with Crippen molar-refractivity contribution in [1.29, 1.82) is 0 Å². The molecule has 0 aromatic heterocycles. The van der Waals surface area contributed by atoms with Gasteiger partial charge in [-0.3, -0.25) is 4.90 Å². The summed E-state index contributed by atoms with van der Waals surface area (Å²) in [7, 11) is 0. The topological polar surface area (TPSA) is 23.5 Å². The summed E-state index contributed by atoms with van der Waals surface area (Å²) in [5.41, 5.74) is 1.08. The standard InChI is InChI=1S/C23H39NO/c1-2-3-4-5-6-7-8-13-18-22(24-19-14-10-15-20-24)23(25)21-16-11-9-12-17-21/h9,11-12,16-17,22-23,25H,2-8,10,13-15,18-20H2,1H3. The summed E-state index contributed by atoms with van der Waals surface area (Å²) in [6.45, 7) is 4.59. The number of hydrogen-bond donors (Lipinski definition) is 1. The fourth-order valence-corrected chi connectivity index (χ4v) is 4.15. The molecular formula is C23H39NO. The van der Waals surface area contributed by atoms with Crippen LogP contribution in [0.15, 0.2) is 30.3 Å². The van der Waals surface area contributed by atoms with Crippen molar-refractivity contribution in [3.8, 4) is 0 Å². The van der Waals surface area contributed by atoms with Crippen molar-refractivity contribution in [1.82, 2.24) is 4.90 Å². The number of rotatable bonds is 12. The van der Waals surface area contributed by atoms with Crippen molar-refractivity contribution in [3.05, 3.63) is 35.9 Å². The lowest BCUT2D eigenvalue weighted by atomic mass is 9.94. The second kappa shape index (κ2) is 12.5. The second-order valence-corrected chi connectivity index (χ2v) is 7.78. The minimum atomic E-state index is -0.344. The third-order valence-corrected chi connectivity index (χ3v) is 5.72. The second-order valence-electron chi connectivity index (χ2n) is 7.78. The third-order valence-electron chi connectivity index (χ3n) is 5.72. The SMILES string of the molecule is CCCCCCCCCCC(C(O)c1ccccc1)N1CCCCC1. The van der Waals surface area contributed by atoms with Crippen LogP contribution in [0.4, 0.5) is 0 Å². The maximum absolute atomic E-state index is 11.0. The molecule has 0 saturated carbocycles. The van der Waals surface area contributed by atoms with E-state index in [0.717, 1.165) is 25.1 Å². The highest BCUT2D eigenvalue weighted by Gasteiger charge is 2.27. The summed E-state index contributed by atoms with van der Waals surface area (Å²) in [5, 5.41) is 11.0. The van der Waals surface area contributed by atoms with E-state index in [4.69, 9.17) is 0 Å². The van der Waals surface area contributed by atoms with Gasteiger partial charge in [-0.15, -0.1) is 0 Å². The van der Waals surface area contributed by atoms with Gasteiger partial charge in [0.1, 0.15) is 0 Å². The van der Waals surface area contributed by atoms with E-state index in [1.165, 1.54) is 70.6 Å². The molecule has 1 aromatic rings. The summed E-state index contributed by atoms with van der Waals surface area (Å²) in [4.78, 5) is 2.56. The fourth-order valence-electron chi connectivity index (χ4n) is 4.15. The Morgan fingerprint density at radius 3 is 2.08 bits per heavy atom. The maximum atomic E-state index is 11.0. The number of benzene rings is 1. The first kappa shape index (κ1) is 20.5. The first-order chi connectivity index (χ1) is 12.3. The molecular weight excluding hydrogens is 306 g/mol. The van der Waals surface area contributed by atoms with Crippen LogP contribution in [0.3, 0.4) is 0 Å². The van der Waals surface area contributed by atoms with Gasteiger partial charge in [-0.25, -0.2) is 0 Å². The quantitative estimate of drug-likeness (QED) is 0.462. The molecule has 142 valence electrons. The van der Waals surface area contributed by atoms with Crippen LogP contribution in [-0.2, 0) is 0 Å². The van der Waals surface area contributed by atoms with E-state index in [1.54, 1.807) is 0 Å². The van der Waals surface area contributed by atoms with Gasteiger partial charge >= 0.3 is 0 Å². The van der Waals surface area contributed by atoms with E-state index >= 15 is 0 Å². The third kappa shape index (κ3) is 7.50. The molecule has 25 heavy (non-hydrogen) atoms. The maximum Gasteiger partial charge on any atom is 0.0945 e. The Kier molecular flexibility index (Phi) is 10.2. The van der Waals surface area contributed by atoms with Gasteiger partial charge < -0.3 is 5.11 Å². The van der Waals surface area contributed by atoms with Gasteiger partial charge in [0.05, 0.1) is 6.10 Å². The van der Waals surface area contributed by atoms with Gasteiger partial charge in [-0.05, 0) is 37.9 Å². The smallest absolute Gasteiger partial charge is 0.0945 e. The van der Waals surface area contributed by atoms with Crippen LogP contribution < -0.4 is 0 Å². The molecule has 2 nitrogen and oxygen atoms in total. The van der Waals surface area contributed by atoms with Crippen LogP contribution >= 0.6 is 0 Å². The molecule has 0 aliphatic carbocycles. The predicted molar refractivity (Wildman–Crippen MR) is 108 cm³/mol. The van der Waals surface area contributed by atoms with E-state index in [0.29, 0.717) is 6.04 Å². The van der Waals surface area contributed by atoms with Crippen LogP contribution in [0.1, 0.15) is 95.6 Å². The van der Waals surface area contributed by atoms with E-state index < -0.39 is 0 Å². The molecule has 1 aliphatic heterocycles. The molecule has 1 heterocycles. The minimum Gasteiger partial charge on any atom is -0.387 e. The van der Waals surface area contributed by atoms with Gasteiger partial charge in [0, 0.05) is 6.04 Å². The zero-order chi connectivity index (χ0) is 17.7. The van der Waals surface area contributed by atoms with Gasteiger partial charge in [0.2, 0.25) is 0 Å². The summed E-state index contributed by atoms with van der Waals surface area (Å²) in [6, 6.07) is 10.6. The lowest BCUT2D eigenvalue weighted by Gasteiger charge is -2.37. The van der Waals surface area contributed by atoms with Crippen LogP contribution in [0.25, 0.3) is 0 Å². The Morgan fingerprint density at radius 2 is 1.44 bits per heavy atom. The Balaban J connectivity index is 1.78. The number of unbranched alkanes of at least 4 members (excludes halogenated alkanes) is 7. The van der Waals surface area contributed by atoms with Crippen molar-refractivity contribution in [2.75, 3.05) is 13.1 Å². The Hall–Kier alpha value is -0.860. The normalized spacial score (nSPS) is 18.2. The van der Waals surface area contributed by atoms with Crippen molar-refractivity contribution in [2.24, 2.45) is 0 Å². The monoisotopic (exact) mass is 345 g/mol. The largest absolute Gasteiger partial charge is 0.387 e. The van der Waals surface area contributed by atoms with E-state index in [-0.39, 0.29) is 6.10 Å². The summed E-state index contributed by atoms with van der Waals surface area (Å²) in [6.07, 6.45) is 15.5. The zero-order valence-corrected chi connectivity index (χ0v) is 16.3. The predicted octanol–water partition coefficient (Wildman–Crippen LogP) is 6.11. The van der Waals surface area contributed by atoms with E-state index in [1.807, 2.05) is 18.2 Å². The van der Waals surface area contributed by atoms with Crippen LogP contribution in [0.2, 0.25) is 0 Å². The molecule has 1 fully saturated rings. The highest BCUT2D eigenvalue weighted by molar-refractivity contribution is 5.19. The highest BCUT2D eigenvalue weighted by Crippen LogP contribution is 2.28. The van der Waals surface area contributed by atoms with Crippen molar-refractivity contribution in [2.45, 2.75) is 96.1 Å². The first-order valence-electron chi connectivity index (χ1n) is 10.8. The molecule has 2 unspecified atom stereocenters. The lowest BCUT2D eigenvalue weighted by molar-refractivity contribution is 0.0311. The summed E-state index contributed by atoms with van der Waals surface area (Å²) in [5.74, 6) is 0. The average Bonchev–Trinajstić information content (AvgIpc) is 2.68. The van der Waals surface area contributed by atoms with Crippen LogP contribution in [0.5, 0.6) is 0 Å². The molecule has 1 aliphatic rings. The number of piperidine rings is 1. The van der Waals surface area contributed by atoms with Crippen molar-refractivity contribution < 1.29 is 5.11 Å². The average molecular weight is 346 g/mol. The fraction of sp³-hybridized carbons (Fsp3) is 0.739. The number of aliphatic hydroxyl groups is 1. The summed E-state index contributed by atoms with van der Waals surface area (Å²) < 4.78 is 0. The molecule has 0 spiro atoms. The first-order valence-corrected chi connectivity index (χ1v) is 10.8. The molecule has 0 amide bonds. The van der Waals surface area contributed by atoms with Gasteiger partial charge in [0.15, 0.2) is 0 Å². The molecule has 0 bridgehead atoms. The number of nitrogens with zero attached hydrogens (tertiary/aromatic N) is 1. The van der Waals surface area contributed by atoms with Crippen molar-refractivity contribution >= 4 is 0 Å². The minimum absolute atomic E-state index is 0.294. The molecule has 1 saturated heterocycles. The molecule has 2 rings (SSSR count). The lowest BCUT2D eigenvalue weighted by Crippen LogP contribution is -2.42. The van der Waals surface area contributed by atoms with Gasteiger partial charge in [0.25, 0.3) is 0 Å². The Labute approximate surface area is 155 Å². The number of hydrogen-bond acceptors (Lipinski definition) is 2. The zero-order valence-electron chi connectivity index (χ0n) is 16.3. The van der Waals surface area contributed by atoms with Crippen molar-refractivity contribution in [3.63, 3.8) is 0 Å². The van der Waals surface area contributed by atoms with E-state index in [2.05, 4.69) is 24.0 Å². The molecule has 2 heteroatoms.